The molecule has 1 aromatic rings. The number of aromatic nitrogens is 1. The minimum absolute atomic E-state index is 0.224. The van der Waals surface area contributed by atoms with Crippen molar-refractivity contribution in [3.05, 3.63) is 36.2 Å². The van der Waals surface area contributed by atoms with Crippen molar-refractivity contribution in [1.29, 1.82) is 0 Å². The van der Waals surface area contributed by atoms with Gasteiger partial charge in [0.2, 0.25) is 0 Å². The van der Waals surface area contributed by atoms with Crippen LogP contribution in [0.5, 0.6) is 0 Å². The van der Waals surface area contributed by atoms with Crippen LogP contribution >= 0.6 is 0 Å². The fourth-order valence-corrected chi connectivity index (χ4v) is 1.32. The Hall–Kier alpha value is -1.11. The number of nitrogens with zero attached hydrogens (tertiary/aromatic N) is 1. The summed E-state index contributed by atoms with van der Waals surface area (Å²) in [6.45, 7) is 8.69. The maximum Gasteiger partial charge on any atom is 0.0655 e. The van der Waals surface area contributed by atoms with Crippen LogP contribution in [0.25, 0.3) is 5.57 Å². The molecule has 0 aliphatic heterocycles. The summed E-state index contributed by atoms with van der Waals surface area (Å²) in [5, 5.41) is 0. The maximum absolute atomic E-state index is 4.29. The normalized spacial score (nSPS) is 13.1. The second-order valence-corrected chi connectivity index (χ2v) is 4.41. The Morgan fingerprint density at radius 3 is 2.46 bits per heavy atom. The van der Waals surface area contributed by atoms with Gasteiger partial charge in [-0.15, -0.1) is 0 Å². The summed E-state index contributed by atoms with van der Waals surface area (Å²) >= 11 is 0. The van der Waals surface area contributed by atoms with E-state index in [1.54, 1.807) is 0 Å². The van der Waals surface area contributed by atoms with Gasteiger partial charge in [-0.3, -0.25) is 4.98 Å². The lowest BCUT2D eigenvalue weighted by Crippen LogP contribution is -2.00. The molecule has 0 radical (unpaired) electrons. The molecule has 1 heterocycles. The summed E-state index contributed by atoms with van der Waals surface area (Å²) in [5.74, 6) is 0. The van der Waals surface area contributed by atoms with Gasteiger partial charge in [-0.1, -0.05) is 32.9 Å². The monoisotopic (exact) mass is 175 g/mol. The van der Waals surface area contributed by atoms with Crippen molar-refractivity contribution in [3.63, 3.8) is 0 Å². The molecule has 0 aliphatic carbocycles. The molecule has 1 nitrogen and oxygen atoms in total. The van der Waals surface area contributed by atoms with E-state index in [-0.39, 0.29) is 5.41 Å². The van der Waals surface area contributed by atoms with Gasteiger partial charge in [-0.25, -0.2) is 0 Å². The zero-order valence-electron chi connectivity index (χ0n) is 8.83. The third kappa shape index (κ3) is 3.41. The minimum atomic E-state index is 0.224. The summed E-state index contributed by atoms with van der Waals surface area (Å²) < 4.78 is 0. The van der Waals surface area contributed by atoms with E-state index in [9.17, 15) is 0 Å². The highest BCUT2D eigenvalue weighted by molar-refractivity contribution is 5.60. The topological polar surface area (TPSA) is 12.9 Å². The molecule has 0 atom stereocenters. The summed E-state index contributed by atoms with van der Waals surface area (Å²) in [6, 6.07) is 5.99. The van der Waals surface area contributed by atoms with Gasteiger partial charge in [0.15, 0.2) is 0 Å². The molecule has 1 rings (SSSR count). The van der Waals surface area contributed by atoms with Gasteiger partial charge in [0.05, 0.1) is 5.69 Å². The molecule has 0 saturated heterocycles. The van der Waals surface area contributed by atoms with Gasteiger partial charge < -0.3 is 0 Å². The predicted molar refractivity (Wildman–Crippen MR) is 57.3 cm³/mol. The molecule has 70 valence electrons. The highest BCUT2D eigenvalue weighted by atomic mass is 14.7. The van der Waals surface area contributed by atoms with Crippen LogP contribution in [0.15, 0.2) is 30.5 Å². The number of allylic oxidation sites excluding steroid dienone is 2. The fourth-order valence-electron chi connectivity index (χ4n) is 1.32. The molecule has 0 aliphatic rings. The van der Waals surface area contributed by atoms with Crippen molar-refractivity contribution in [1.82, 2.24) is 4.98 Å². The Morgan fingerprint density at radius 1 is 1.31 bits per heavy atom. The van der Waals surface area contributed by atoms with E-state index in [0.29, 0.717) is 0 Å². The Morgan fingerprint density at radius 2 is 2.00 bits per heavy atom. The first-order valence-electron chi connectivity index (χ1n) is 4.60. The zero-order valence-corrected chi connectivity index (χ0v) is 8.83. The summed E-state index contributed by atoms with van der Waals surface area (Å²) in [6.07, 6.45) is 4.07. The predicted octanol–water partition coefficient (Wildman–Crippen LogP) is 3.53. The average molecular weight is 175 g/mol. The molecule has 0 amide bonds. The summed E-state index contributed by atoms with van der Waals surface area (Å²) in [5.41, 5.74) is 2.53. The second kappa shape index (κ2) is 3.73. The van der Waals surface area contributed by atoms with E-state index in [1.165, 1.54) is 5.57 Å². The maximum atomic E-state index is 4.29. The Balaban J connectivity index is 2.92. The van der Waals surface area contributed by atoms with Crippen LogP contribution in [-0.2, 0) is 0 Å². The highest BCUT2D eigenvalue weighted by Crippen LogP contribution is 2.21. The van der Waals surface area contributed by atoms with Crippen LogP contribution in [0.4, 0.5) is 0 Å². The average Bonchev–Trinajstić information content (AvgIpc) is 2.03. The molecule has 0 unspecified atom stereocenters. The quantitative estimate of drug-likeness (QED) is 0.636. The number of hydrogen-bond acceptors (Lipinski definition) is 1. The van der Waals surface area contributed by atoms with E-state index in [0.717, 1.165) is 5.69 Å². The Kier molecular flexibility index (Phi) is 2.86. The molecule has 0 aromatic carbocycles. The lowest BCUT2D eigenvalue weighted by molar-refractivity contribution is 0.545. The molecule has 1 aromatic heterocycles. The van der Waals surface area contributed by atoms with Gasteiger partial charge in [0.25, 0.3) is 0 Å². The molecule has 0 fully saturated rings. The third-order valence-electron chi connectivity index (χ3n) is 1.72. The lowest BCUT2D eigenvalue weighted by Gasteiger charge is -2.13. The van der Waals surface area contributed by atoms with Crippen LogP contribution < -0.4 is 0 Å². The van der Waals surface area contributed by atoms with Crippen molar-refractivity contribution in [2.24, 2.45) is 5.41 Å². The summed E-state index contributed by atoms with van der Waals surface area (Å²) in [7, 11) is 0. The molecule has 0 saturated carbocycles. The van der Waals surface area contributed by atoms with Crippen molar-refractivity contribution in [2.45, 2.75) is 27.7 Å². The molecule has 0 N–H and O–H groups in total. The number of hydrogen-bond donors (Lipinski definition) is 0. The third-order valence-corrected chi connectivity index (χ3v) is 1.72. The Bertz CT molecular complexity index is 291. The van der Waals surface area contributed by atoms with Crippen molar-refractivity contribution >= 4 is 5.57 Å². The Labute approximate surface area is 80.5 Å². The zero-order chi connectivity index (χ0) is 9.90. The van der Waals surface area contributed by atoms with Gasteiger partial charge in [0.1, 0.15) is 0 Å². The largest absolute Gasteiger partial charge is 0.257 e. The molecule has 1 heteroatoms. The smallest absolute Gasteiger partial charge is 0.0655 e. The van der Waals surface area contributed by atoms with Crippen LogP contribution in [0.1, 0.15) is 33.4 Å². The van der Waals surface area contributed by atoms with E-state index < -0.39 is 0 Å². The van der Waals surface area contributed by atoms with E-state index in [1.807, 2.05) is 24.4 Å². The molecule has 13 heavy (non-hydrogen) atoms. The van der Waals surface area contributed by atoms with Crippen molar-refractivity contribution in [2.75, 3.05) is 0 Å². The van der Waals surface area contributed by atoms with E-state index >= 15 is 0 Å². The standard InChI is InChI=1S/C12H17N/c1-10(9-12(2,3)4)11-7-5-6-8-13-11/h5-9H,1-4H3/b10-9+. The molecular weight excluding hydrogens is 158 g/mol. The fraction of sp³-hybridized carbons (Fsp3) is 0.417. The second-order valence-electron chi connectivity index (χ2n) is 4.41. The van der Waals surface area contributed by atoms with Crippen LogP contribution in [0, 0.1) is 5.41 Å². The van der Waals surface area contributed by atoms with E-state index in [2.05, 4.69) is 38.8 Å². The minimum Gasteiger partial charge on any atom is -0.257 e. The van der Waals surface area contributed by atoms with Crippen molar-refractivity contribution < 1.29 is 0 Å². The number of pyridine rings is 1. The van der Waals surface area contributed by atoms with E-state index in [4.69, 9.17) is 0 Å². The molecular formula is C12H17N. The lowest BCUT2D eigenvalue weighted by atomic mass is 9.93. The molecule has 0 bridgehead atoms. The van der Waals surface area contributed by atoms with Crippen LogP contribution in [-0.4, -0.2) is 4.98 Å². The van der Waals surface area contributed by atoms with Gasteiger partial charge in [0, 0.05) is 6.20 Å². The first-order valence-corrected chi connectivity index (χ1v) is 4.60. The molecule has 0 spiro atoms. The SMILES string of the molecule is C/C(=C\C(C)(C)C)c1ccccn1. The number of rotatable bonds is 1. The first-order chi connectivity index (χ1) is 5.99. The summed E-state index contributed by atoms with van der Waals surface area (Å²) in [4.78, 5) is 4.29. The van der Waals surface area contributed by atoms with Gasteiger partial charge in [-0.05, 0) is 30.0 Å². The van der Waals surface area contributed by atoms with Gasteiger partial charge in [-0.2, -0.15) is 0 Å². The van der Waals surface area contributed by atoms with Crippen LogP contribution in [0.3, 0.4) is 0 Å². The highest BCUT2D eigenvalue weighted by Gasteiger charge is 2.07. The van der Waals surface area contributed by atoms with Gasteiger partial charge >= 0.3 is 0 Å². The van der Waals surface area contributed by atoms with Crippen LogP contribution in [0.2, 0.25) is 0 Å². The van der Waals surface area contributed by atoms with Crippen molar-refractivity contribution in [3.8, 4) is 0 Å². The first kappa shape index (κ1) is 9.97.